The van der Waals surface area contributed by atoms with Crippen LogP contribution in [0.25, 0.3) is 11.3 Å². The highest BCUT2D eigenvalue weighted by molar-refractivity contribution is 5.85. The second kappa shape index (κ2) is 9.02. The van der Waals surface area contributed by atoms with Gasteiger partial charge in [0.2, 0.25) is 5.91 Å². The lowest BCUT2D eigenvalue weighted by Gasteiger charge is -2.19. The summed E-state index contributed by atoms with van der Waals surface area (Å²) >= 11 is 0. The highest BCUT2D eigenvalue weighted by atomic mass is 35.5. The number of nitrogens with one attached hydrogen (secondary N) is 1. The van der Waals surface area contributed by atoms with Crippen LogP contribution in [-0.2, 0) is 11.2 Å². The van der Waals surface area contributed by atoms with E-state index in [1.54, 1.807) is 30.3 Å². The van der Waals surface area contributed by atoms with Crippen molar-refractivity contribution in [2.75, 3.05) is 6.54 Å². The van der Waals surface area contributed by atoms with E-state index in [9.17, 15) is 9.18 Å². The molecule has 1 aromatic carbocycles. The van der Waals surface area contributed by atoms with Gasteiger partial charge in [0.1, 0.15) is 17.3 Å². The molecule has 2 unspecified atom stereocenters. The Balaban J connectivity index is 0.00000225. The van der Waals surface area contributed by atoms with Gasteiger partial charge in [-0.25, -0.2) is 4.39 Å². The number of benzene rings is 1. The van der Waals surface area contributed by atoms with Crippen LogP contribution < -0.4 is 11.1 Å². The van der Waals surface area contributed by atoms with Crippen molar-refractivity contribution in [1.82, 2.24) is 5.32 Å². The van der Waals surface area contributed by atoms with Gasteiger partial charge in [-0.1, -0.05) is 18.6 Å². The molecule has 4 nitrogen and oxygen atoms in total. The molecule has 1 aliphatic rings. The molecule has 3 rings (SSSR count). The zero-order valence-corrected chi connectivity index (χ0v) is 14.9. The van der Waals surface area contributed by atoms with Crippen LogP contribution in [0.5, 0.6) is 0 Å². The van der Waals surface area contributed by atoms with Crippen molar-refractivity contribution in [3.8, 4) is 11.3 Å². The van der Waals surface area contributed by atoms with Crippen molar-refractivity contribution in [2.45, 2.75) is 38.1 Å². The Labute approximate surface area is 153 Å². The fourth-order valence-electron chi connectivity index (χ4n) is 3.34. The number of halogens is 2. The molecule has 0 aliphatic heterocycles. The first-order valence-electron chi connectivity index (χ1n) is 8.50. The van der Waals surface area contributed by atoms with Crippen molar-refractivity contribution in [2.24, 2.45) is 11.7 Å². The van der Waals surface area contributed by atoms with Gasteiger partial charge in [0.25, 0.3) is 0 Å². The predicted molar refractivity (Wildman–Crippen MR) is 98.0 cm³/mol. The topological polar surface area (TPSA) is 68.3 Å². The quantitative estimate of drug-likeness (QED) is 0.819. The summed E-state index contributed by atoms with van der Waals surface area (Å²) in [6.07, 6.45) is 4.08. The van der Waals surface area contributed by atoms with Gasteiger partial charge in [0, 0.05) is 18.9 Å². The van der Waals surface area contributed by atoms with Crippen molar-refractivity contribution < 1.29 is 13.6 Å². The first kappa shape index (κ1) is 19.5. The van der Waals surface area contributed by atoms with Crippen molar-refractivity contribution in [3.05, 3.63) is 48.0 Å². The second-order valence-corrected chi connectivity index (χ2v) is 6.35. The lowest BCUT2D eigenvalue weighted by atomic mass is 10.0. The lowest BCUT2D eigenvalue weighted by molar-refractivity contribution is -0.122. The zero-order chi connectivity index (χ0) is 16.9. The molecule has 1 fully saturated rings. The number of aryl methyl sites for hydroxylation is 1. The third kappa shape index (κ3) is 4.83. The van der Waals surface area contributed by atoms with Gasteiger partial charge in [-0.15, -0.1) is 12.4 Å². The van der Waals surface area contributed by atoms with Gasteiger partial charge in [-0.05, 0) is 49.6 Å². The van der Waals surface area contributed by atoms with E-state index in [1.807, 2.05) is 0 Å². The molecule has 136 valence electrons. The van der Waals surface area contributed by atoms with Crippen LogP contribution in [0.1, 0.15) is 31.4 Å². The van der Waals surface area contributed by atoms with Crippen LogP contribution in [0.3, 0.4) is 0 Å². The molecule has 0 spiro atoms. The van der Waals surface area contributed by atoms with E-state index in [-0.39, 0.29) is 30.2 Å². The van der Waals surface area contributed by atoms with Gasteiger partial charge < -0.3 is 15.5 Å². The average Bonchev–Trinajstić information content (AvgIpc) is 3.22. The van der Waals surface area contributed by atoms with Crippen molar-refractivity contribution in [1.29, 1.82) is 0 Å². The molecular weight excluding hydrogens is 343 g/mol. The molecule has 1 amide bonds. The van der Waals surface area contributed by atoms with Crippen LogP contribution in [0.2, 0.25) is 0 Å². The summed E-state index contributed by atoms with van der Waals surface area (Å²) in [7, 11) is 0. The molecule has 25 heavy (non-hydrogen) atoms. The van der Waals surface area contributed by atoms with Gasteiger partial charge >= 0.3 is 0 Å². The molecule has 1 heterocycles. The molecule has 1 saturated carbocycles. The van der Waals surface area contributed by atoms with Crippen LogP contribution in [-0.4, -0.2) is 18.5 Å². The van der Waals surface area contributed by atoms with Crippen LogP contribution in [0, 0.1) is 11.7 Å². The van der Waals surface area contributed by atoms with E-state index in [0.717, 1.165) is 19.3 Å². The third-order valence-electron chi connectivity index (χ3n) is 4.71. The standard InChI is InChI=1S/C19H23FN2O2.ClH/c20-16-6-2-1-5-15(16)18-10-8-14(24-18)9-11-19(23)22-17-7-3-4-13(17)12-21;/h1-2,5-6,8,10,13,17H,3-4,7,9,11-12,21H2,(H,22,23);1H. The van der Waals surface area contributed by atoms with Gasteiger partial charge in [0.15, 0.2) is 0 Å². The number of carbonyl (C=O) groups is 1. The number of furan rings is 1. The van der Waals surface area contributed by atoms with E-state index in [1.165, 1.54) is 6.07 Å². The van der Waals surface area contributed by atoms with Gasteiger partial charge in [0.05, 0.1) is 5.56 Å². The predicted octanol–water partition coefficient (Wildman–Crippen LogP) is 3.68. The Morgan fingerprint density at radius 1 is 1.24 bits per heavy atom. The summed E-state index contributed by atoms with van der Waals surface area (Å²) in [5.74, 6) is 1.27. The maximum atomic E-state index is 13.8. The van der Waals surface area contributed by atoms with E-state index < -0.39 is 0 Å². The minimum atomic E-state index is -0.315. The van der Waals surface area contributed by atoms with E-state index >= 15 is 0 Å². The van der Waals surface area contributed by atoms with Crippen molar-refractivity contribution in [3.63, 3.8) is 0 Å². The summed E-state index contributed by atoms with van der Waals surface area (Å²) in [4.78, 5) is 12.1. The largest absolute Gasteiger partial charge is 0.461 e. The number of hydrogen-bond acceptors (Lipinski definition) is 3. The lowest BCUT2D eigenvalue weighted by Crippen LogP contribution is -2.39. The number of hydrogen-bond donors (Lipinski definition) is 2. The van der Waals surface area contributed by atoms with Crippen molar-refractivity contribution >= 4 is 18.3 Å². The maximum absolute atomic E-state index is 13.8. The number of nitrogens with two attached hydrogens (primary N) is 1. The normalized spacial score (nSPS) is 19.4. The van der Waals surface area contributed by atoms with Crippen LogP contribution >= 0.6 is 12.4 Å². The summed E-state index contributed by atoms with van der Waals surface area (Å²) in [5.41, 5.74) is 6.17. The summed E-state index contributed by atoms with van der Waals surface area (Å²) < 4.78 is 19.4. The van der Waals surface area contributed by atoms with Crippen LogP contribution in [0.4, 0.5) is 4.39 Å². The Morgan fingerprint density at radius 3 is 2.80 bits per heavy atom. The summed E-state index contributed by atoms with van der Waals surface area (Å²) in [6, 6.07) is 10.2. The number of amides is 1. The molecular formula is C19H24ClFN2O2. The monoisotopic (exact) mass is 366 g/mol. The molecule has 0 saturated heterocycles. The number of carbonyl (C=O) groups excluding carboxylic acids is 1. The smallest absolute Gasteiger partial charge is 0.220 e. The van der Waals surface area contributed by atoms with Crippen LogP contribution in [0.15, 0.2) is 40.8 Å². The molecule has 2 atom stereocenters. The molecule has 0 radical (unpaired) electrons. The minimum absolute atomic E-state index is 0. The SMILES string of the molecule is Cl.NCC1CCCC1NC(=O)CCc1ccc(-c2ccccc2F)o1. The maximum Gasteiger partial charge on any atom is 0.220 e. The Hall–Kier alpha value is -1.85. The number of rotatable bonds is 6. The third-order valence-corrected chi connectivity index (χ3v) is 4.71. The fraction of sp³-hybridized carbons (Fsp3) is 0.421. The van der Waals surface area contributed by atoms with Gasteiger partial charge in [-0.2, -0.15) is 0 Å². The molecule has 1 aliphatic carbocycles. The summed E-state index contributed by atoms with van der Waals surface area (Å²) in [6.45, 7) is 0.620. The first-order chi connectivity index (χ1) is 11.7. The van der Waals surface area contributed by atoms with E-state index in [2.05, 4.69) is 5.32 Å². The average molecular weight is 367 g/mol. The Morgan fingerprint density at radius 2 is 2.04 bits per heavy atom. The minimum Gasteiger partial charge on any atom is -0.461 e. The molecule has 0 bridgehead atoms. The molecule has 3 N–H and O–H groups in total. The second-order valence-electron chi connectivity index (χ2n) is 6.35. The fourth-order valence-corrected chi connectivity index (χ4v) is 3.34. The Bertz CT molecular complexity index is 704. The molecule has 6 heteroatoms. The highest BCUT2D eigenvalue weighted by Gasteiger charge is 2.27. The molecule has 1 aromatic heterocycles. The van der Waals surface area contributed by atoms with E-state index in [4.69, 9.17) is 10.2 Å². The van der Waals surface area contributed by atoms with Gasteiger partial charge in [-0.3, -0.25) is 4.79 Å². The van der Waals surface area contributed by atoms with E-state index in [0.29, 0.717) is 42.4 Å². The molecule has 2 aromatic rings. The summed E-state index contributed by atoms with van der Waals surface area (Å²) in [5, 5.41) is 3.08. The first-order valence-corrected chi connectivity index (χ1v) is 8.50. The zero-order valence-electron chi connectivity index (χ0n) is 14.0. The Kier molecular flexibility index (Phi) is 7.02. The highest BCUT2D eigenvalue weighted by Crippen LogP contribution is 2.26.